The molecule has 2 aliphatic heterocycles. The second-order valence-corrected chi connectivity index (χ2v) is 8.05. The first kappa shape index (κ1) is 20.1. The number of aromatic hydroxyl groups is 1. The lowest BCUT2D eigenvalue weighted by molar-refractivity contribution is -0.125. The average molecular weight is 426 g/mol. The molecule has 0 aromatic heterocycles. The molecule has 0 unspecified atom stereocenters. The number of phenolic OH excluding ortho intramolecular Hbond substituents is 1. The van der Waals surface area contributed by atoms with Crippen molar-refractivity contribution < 1.29 is 19.5 Å². The van der Waals surface area contributed by atoms with Crippen LogP contribution in [-0.4, -0.2) is 64.0 Å². The monoisotopic (exact) mass is 426 g/mol. The average Bonchev–Trinajstić information content (AvgIpc) is 3.07. The van der Waals surface area contributed by atoms with Gasteiger partial charge in [-0.3, -0.25) is 14.5 Å². The number of amides is 4. The molecule has 30 heavy (non-hydrogen) atoms. The fourth-order valence-electron chi connectivity index (χ4n) is 3.49. The Balaban J connectivity index is 1.30. The number of para-hydroxylation sites is 2. The van der Waals surface area contributed by atoms with E-state index in [9.17, 15) is 19.5 Å². The quantitative estimate of drug-likeness (QED) is 0.781. The van der Waals surface area contributed by atoms with Gasteiger partial charge in [-0.2, -0.15) is 0 Å². The van der Waals surface area contributed by atoms with E-state index >= 15 is 0 Å². The maximum absolute atomic E-state index is 12.6. The Morgan fingerprint density at radius 3 is 2.33 bits per heavy atom. The van der Waals surface area contributed by atoms with Crippen LogP contribution in [0.5, 0.6) is 5.75 Å². The Morgan fingerprint density at radius 1 is 1.00 bits per heavy atom. The van der Waals surface area contributed by atoms with E-state index < -0.39 is 0 Å². The van der Waals surface area contributed by atoms with Crippen LogP contribution in [0.3, 0.4) is 0 Å². The lowest BCUT2D eigenvalue weighted by Gasteiger charge is -2.36. The van der Waals surface area contributed by atoms with Crippen molar-refractivity contribution in [2.45, 2.75) is 6.54 Å². The summed E-state index contributed by atoms with van der Waals surface area (Å²) < 4.78 is 0. The molecule has 156 valence electrons. The summed E-state index contributed by atoms with van der Waals surface area (Å²) in [6.07, 6.45) is 0. The SMILES string of the molecule is O=C(Nc1ccc(CN2C(=O)CSC2=O)cc1)N1CCN(c2ccccc2O)CC1. The molecule has 0 radical (unpaired) electrons. The predicted molar refractivity (Wildman–Crippen MR) is 116 cm³/mol. The van der Waals surface area contributed by atoms with Gasteiger partial charge in [-0.1, -0.05) is 36.0 Å². The molecule has 4 rings (SSSR count). The normalized spacial score (nSPS) is 16.9. The van der Waals surface area contributed by atoms with Gasteiger partial charge in [0.25, 0.3) is 5.24 Å². The van der Waals surface area contributed by atoms with Crippen molar-refractivity contribution in [2.75, 3.05) is 42.1 Å². The number of nitrogens with zero attached hydrogens (tertiary/aromatic N) is 3. The van der Waals surface area contributed by atoms with Gasteiger partial charge in [0, 0.05) is 31.9 Å². The van der Waals surface area contributed by atoms with Crippen molar-refractivity contribution in [2.24, 2.45) is 0 Å². The molecule has 0 aliphatic carbocycles. The fourth-order valence-corrected chi connectivity index (χ4v) is 4.22. The van der Waals surface area contributed by atoms with Gasteiger partial charge in [-0.15, -0.1) is 0 Å². The number of carbonyl (C=O) groups is 3. The van der Waals surface area contributed by atoms with Crippen LogP contribution in [-0.2, 0) is 11.3 Å². The van der Waals surface area contributed by atoms with Gasteiger partial charge >= 0.3 is 6.03 Å². The molecule has 2 aromatic carbocycles. The standard InChI is InChI=1S/C21H22N4O4S/c26-18-4-2-1-3-17(18)23-9-11-24(12-10-23)20(28)22-16-7-5-15(6-8-16)13-25-19(27)14-30-21(25)29/h1-8,26H,9-14H2,(H,22,28). The van der Waals surface area contributed by atoms with E-state index in [0.717, 1.165) is 23.0 Å². The highest BCUT2D eigenvalue weighted by Crippen LogP contribution is 2.27. The first-order valence-corrected chi connectivity index (χ1v) is 10.6. The zero-order valence-electron chi connectivity index (χ0n) is 16.3. The summed E-state index contributed by atoms with van der Waals surface area (Å²) in [7, 11) is 0. The molecule has 2 aliphatic rings. The number of carbonyl (C=O) groups excluding carboxylic acids is 3. The number of hydrogen-bond acceptors (Lipinski definition) is 6. The van der Waals surface area contributed by atoms with Gasteiger partial charge in [0.15, 0.2) is 0 Å². The topological polar surface area (TPSA) is 93.2 Å². The second-order valence-electron chi connectivity index (χ2n) is 7.12. The van der Waals surface area contributed by atoms with Crippen LogP contribution in [0.15, 0.2) is 48.5 Å². The highest BCUT2D eigenvalue weighted by Gasteiger charge is 2.29. The first-order chi connectivity index (χ1) is 14.5. The second kappa shape index (κ2) is 8.66. The highest BCUT2D eigenvalue weighted by molar-refractivity contribution is 8.14. The Morgan fingerprint density at radius 2 is 1.70 bits per heavy atom. The number of benzene rings is 2. The number of piperazine rings is 1. The fraction of sp³-hybridized carbons (Fsp3) is 0.286. The minimum absolute atomic E-state index is 0.176. The van der Waals surface area contributed by atoms with Crippen LogP contribution >= 0.6 is 11.8 Å². The van der Waals surface area contributed by atoms with Gasteiger partial charge in [0.2, 0.25) is 5.91 Å². The van der Waals surface area contributed by atoms with E-state index in [4.69, 9.17) is 0 Å². The smallest absolute Gasteiger partial charge is 0.321 e. The predicted octanol–water partition coefficient (Wildman–Crippen LogP) is 2.94. The van der Waals surface area contributed by atoms with Gasteiger partial charge in [0.1, 0.15) is 5.75 Å². The molecule has 0 spiro atoms. The molecule has 0 bridgehead atoms. The lowest BCUT2D eigenvalue weighted by atomic mass is 10.2. The van der Waals surface area contributed by atoms with Gasteiger partial charge in [0.05, 0.1) is 18.0 Å². The molecule has 4 amide bonds. The van der Waals surface area contributed by atoms with E-state index in [0.29, 0.717) is 31.9 Å². The number of thioether (sulfide) groups is 1. The molecule has 2 N–H and O–H groups in total. The molecule has 8 nitrogen and oxygen atoms in total. The number of imide groups is 1. The highest BCUT2D eigenvalue weighted by atomic mass is 32.2. The van der Waals surface area contributed by atoms with Gasteiger partial charge in [-0.05, 0) is 29.8 Å². The maximum atomic E-state index is 12.6. The van der Waals surface area contributed by atoms with E-state index in [1.807, 2.05) is 12.1 Å². The number of phenols is 1. The van der Waals surface area contributed by atoms with Crippen LogP contribution in [0.25, 0.3) is 0 Å². The van der Waals surface area contributed by atoms with Crippen LogP contribution in [0, 0.1) is 0 Å². The van der Waals surface area contributed by atoms with Crippen LogP contribution in [0.1, 0.15) is 5.56 Å². The van der Waals surface area contributed by atoms with E-state index in [-0.39, 0.29) is 35.2 Å². The molecule has 0 saturated carbocycles. The number of nitrogens with one attached hydrogen (secondary N) is 1. The third kappa shape index (κ3) is 4.35. The molecule has 2 fully saturated rings. The van der Waals surface area contributed by atoms with Crippen LogP contribution < -0.4 is 10.2 Å². The summed E-state index contributed by atoms with van der Waals surface area (Å²) in [5.41, 5.74) is 2.26. The van der Waals surface area contributed by atoms with Crippen molar-refractivity contribution in [1.29, 1.82) is 0 Å². The summed E-state index contributed by atoms with van der Waals surface area (Å²) in [5, 5.41) is 12.7. The summed E-state index contributed by atoms with van der Waals surface area (Å²) in [5.74, 6) is 0.265. The van der Waals surface area contributed by atoms with Crippen molar-refractivity contribution in [3.63, 3.8) is 0 Å². The van der Waals surface area contributed by atoms with Crippen LogP contribution in [0.2, 0.25) is 0 Å². The minimum atomic E-state index is -0.222. The summed E-state index contributed by atoms with van der Waals surface area (Å²) >= 11 is 1.02. The van der Waals surface area contributed by atoms with Crippen LogP contribution in [0.4, 0.5) is 21.0 Å². The van der Waals surface area contributed by atoms with Gasteiger partial charge in [-0.25, -0.2) is 4.79 Å². The molecule has 9 heteroatoms. The Labute approximate surface area is 178 Å². The molecule has 0 atom stereocenters. The van der Waals surface area contributed by atoms with E-state index in [1.54, 1.807) is 41.3 Å². The maximum Gasteiger partial charge on any atom is 0.321 e. The molecule has 2 aromatic rings. The zero-order chi connectivity index (χ0) is 21.1. The molecule has 2 heterocycles. The molecule has 2 saturated heterocycles. The van der Waals surface area contributed by atoms with Crippen molar-refractivity contribution >= 4 is 40.3 Å². The summed E-state index contributed by atoms with van der Waals surface area (Å²) in [4.78, 5) is 41.0. The third-order valence-corrected chi connectivity index (χ3v) is 6.03. The van der Waals surface area contributed by atoms with Crippen molar-refractivity contribution in [3.05, 3.63) is 54.1 Å². The number of rotatable bonds is 4. The number of anilines is 2. The Hall–Kier alpha value is -3.20. The number of urea groups is 1. The summed E-state index contributed by atoms with van der Waals surface area (Å²) in [6.45, 7) is 2.62. The van der Waals surface area contributed by atoms with Crippen molar-refractivity contribution in [3.8, 4) is 5.75 Å². The minimum Gasteiger partial charge on any atom is -0.506 e. The third-order valence-electron chi connectivity index (χ3n) is 5.18. The largest absolute Gasteiger partial charge is 0.506 e. The number of hydrogen-bond donors (Lipinski definition) is 2. The molecular weight excluding hydrogens is 404 g/mol. The van der Waals surface area contributed by atoms with E-state index in [1.165, 1.54) is 4.90 Å². The van der Waals surface area contributed by atoms with Gasteiger partial charge < -0.3 is 20.2 Å². The lowest BCUT2D eigenvalue weighted by Crippen LogP contribution is -2.50. The van der Waals surface area contributed by atoms with Crippen molar-refractivity contribution in [1.82, 2.24) is 9.80 Å². The zero-order valence-corrected chi connectivity index (χ0v) is 17.1. The Kier molecular flexibility index (Phi) is 5.80. The summed E-state index contributed by atoms with van der Waals surface area (Å²) in [6, 6.07) is 14.2. The van der Waals surface area contributed by atoms with E-state index in [2.05, 4.69) is 10.2 Å². The first-order valence-electron chi connectivity index (χ1n) is 9.66. The molecular formula is C21H22N4O4S. The Bertz CT molecular complexity index is 942.